The number of sulfonamides is 1. The highest BCUT2D eigenvalue weighted by Gasteiger charge is 2.30. The fourth-order valence-corrected chi connectivity index (χ4v) is 3.97. The largest absolute Gasteiger partial charge is 0.398 e. The first kappa shape index (κ1) is 14.6. The van der Waals surface area contributed by atoms with Gasteiger partial charge in [-0.2, -0.15) is 4.31 Å². The fraction of sp³-hybridized carbons (Fsp3) is 0.500. The Bertz CT molecular complexity index is 554. The van der Waals surface area contributed by atoms with Gasteiger partial charge in [-0.15, -0.1) is 0 Å². The first-order chi connectivity index (χ1) is 8.95. The second-order valence-electron chi connectivity index (χ2n) is 4.71. The lowest BCUT2D eigenvalue weighted by Gasteiger charge is -2.30. The van der Waals surface area contributed by atoms with E-state index >= 15 is 0 Å². The molecular weight excluding hydrogens is 288 g/mol. The minimum Gasteiger partial charge on any atom is -0.398 e. The van der Waals surface area contributed by atoms with Crippen molar-refractivity contribution in [2.24, 2.45) is 5.92 Å². The van der Waals surface area contributed by atoms with Gasteiger partial charge in [-0.05, 0) is 37.0 Å². The number of nitrogens with zero attached hydrogens (tertiary/aromatic N) is 1. The van der Waals surface area contributed by atoms with Crippen LogP contribution in [0, 0.1) is 5.92 Å². The Morgan fingerprint density at radius 1 is 1.37 bits per heavy atom. The minimum atomic E-state index is -3.57. The van der Waals surface area contributed by atoms with Gasteiger partial charge in [0.25, 0.3) is 0 Å². The number of hydrogen-bond donors (Lipinski definition) is 2. The molecule has 1 aliphatic rings. The molecule has 1 heterocycles. The Hall–Kier alpha value is -0.820. The number of aliphatic hydroxyl groups is 1. The van der Waals surface area contributed by atoms with Crippen LogP contribution in [0.5, 0.6) is 0 Å². The zero-order valence-electron chi connectivity index (χ0n) is 10.4. The number of rotatable bonds is 3. The van der Waals surface area contributed by atoms with Gasteiger partial charge < -0.3 is 10.8 Å². The summed E-state index contributed by atoms with van der Waals surface area (Å²) in [6.07, 6.45) is 1.34. The van der Waals surface area contributed by atoms with E-state index in [1.807, 2.05) is 0 Å². The third-order valence-electron chi connectivity index (χ3n) is 3.42. The van der Waals surface area contributed by atoms with Crippen LogP contribution in [0.4, 0.5) is 5.69 Å². The molecule has 106 valence electrons. The maximum absolute atomic E-state index is 12.5. The molecule has 19 heavy (non-hydrogen) atoms. The Labute approximate surface area is 118 Å². The summed E-state index contributed by atoms with van der Waals surface area (Å²) in [4.78, 5) is 0.0966. The lowest BCUT2D eigenvalue weighted by atomic mass is 10.00. The number of benzene rings is 1. The summed E-state index contributed by atoms with van der Waals surface area (Å²) in [5.41, 5.74) is 5.90. The Morgan fingerprint density at radius 2 is 2.00 bits per heavy atom. The molecular formula is C12H17ClN2O3S. The first-order valence-electron chi connectivity index (χ1n) is 6.11. The minimum absolute atomic E-state index is 0.0966. The van der Waals surface area contributed by atoms with Crippen LogP contribution in [0.25, 0.3) is 0 Å². The zero-order valence-corrected chi connectivity index (χ0v) is 12.0. The molecule has 1 saturated heterocycles. The molecule has 2 rings (SSSR count). The molecule has 0 atom stereocenters. The monoisotopic (exact) mass is 304 g/mol. The van der Waals surface area contributed by atoms with Crippen molar-refractivity contribution in [1.29, 1.82) is 0 Å². The summed E-state index contributed by atoms with van der Waals surface area (Å²) in [6.45, 7) is 0.933. The summed E-state index contributed by atoms with van der Waals surface area (Å²) >= 11 is 5.77. The van der Waals surface area contributed by atoms with E-state index in [0.29, 0.717) is 31.0 Å². The summed E-state index contributed by atoms with van der Waals surface area (Å²) < 4.78 is 26.3. The van der Waals surface area contributed by atoms with Gasteiger partial charge in [-0.25, -0.2) is 8.42 Å². The van der Waals surface area contributed by atoms with E-state index in [9.17, 15) is 8.42 Å². The van der Waals surface area contributed by atoms with Crippen molar-refractivity contribution in [2.75, 3.05) is 25.4 Å². The molecule has 0 radical (unpaired) electrons. The smallest absolute Gasteiger partial charge is 0.245 e. The maximum Gasteiger partial charge on any atom is 0.245 e. The first-order valence-corrected chi connectivity index (χ1v) is 7.93. The van der Waals surface area contributed by atoms with Gasteiger partial charge in [0.15, 0.2) is 0 Å². The number of nitrogens with two attached hydrogens (primary N) is 1. The highest BCUT2D eigenvalue weighted by atomic mass is 35.5. The number of piperidine rings is 1. The molecule has 0 bridgehead atoms. The van der Waals surface area contributed by atoms with Gasteiger partial charge in [0.05, 0.1) is 5.69 Å². The van der Waals surface area contributed by atoms with Gasteiger partial charge in [0.2, 0.25) is 10.0 Å². The maximum atomic E-state index is 12.5. The number of anilines is 1. The van der Waals surface area contributed by atoms with Crippen molar-refractivity contribution >= 4 is 27.3 Å². The molecule has 1 aromatic carbocycles. The topological polar surface area (TPSA) is 83.6 Å². The van der Waals surface area contributed by atoms with Crippen molar-refractivity contribution in [1.82, 2.24) is 4.31 Å². The van der Waals surface area contributed by atoms with Gasteiger partial charge in [0.1, 0.15) is 4.90 Å². The summed E-state index contributed by atoms with van der Waals surface area (Å²) in [6, 6.07) is 4.39. The number of aliphatic hydroxyl groups excluding tert-OH is 1. The number of nitrogen functional groups attached to an aromatic ring is 1. The molecule has 7 heteroatoms. The highest BCUT2D eigenvalue weighted by molar-refractivity contribution is 7.89. The molecule has 0 aromatic heterocycles. The van der Waals surface area contributed by atoms with Crippen LogP contribution in [0.2, 0.25) is 5.02 Å². The second kappa shape index (κ2) is 5.66. The van der Waals surface area contributed by atoms with Crippen LogP contribution in [-0.4, -0.2) is 37.5 Å². The molecule has 1 aliphatic heterocycles. The van der Waals surface area contributed by atoms with E-state index in [-0.39, 0.29) is 23.1 Å². The van der Waals surface area contributed by atoms with Gasteiger partial charge in [-0.3, -0.25) is 0 Å². The van der Waals surface area contributed by atoms with Crippen LogP contribution in [0.1, 0.15) is 12.8 Å². The van der Waals surface area contributed by atoms with Crippen molar-refractivity contribution in [3.63, 3.8) is 0 Å². The summed E-state index contributed by atoms with van der Waals surface area (Å²) in [5, 5.41) is 9.48. The molecule has 0 amide bonds. The summed E-state index contributed by atoms with van der Waals surface area (Å²) in [5.74, 6) is 0.189. The lowest BCUT2D eigenvalue weighted by Crippen LogP contribution is -2.39. The molecule has 3 N–H and O–H groups in total. The van der Waals surface area contributed by atoms with E-state index in [2.05, 4.69) is 0 Å². The predicted molar refractivity (Wildman–Crippen MR) is 74.4 cm³/mol. The predicted octanol–water partition coefficient (Wildman–Crippen LogP) is 1.32. The van der Waals surface area contributed by atoms with Crippen LogP contribution in [0.3, 0.4) is 0 Å². The highest BCUT2D eigenvalue weighted by Crippen LogP contribution is 2.28. The van der Waals surface area contributed by atoms with Crippen LogP contribution >= 0.6 is 11.6 Å². The number of hydrogen-bond acceptors (Lipinski definition) is 4. The average Bonchev–Trinajstić information content (AvgIpc) is 2.38. The van der Waals surface area contributed by atoms with Gasteiger partial charge in [-0.1, -0.05) is 11.6 Å². The molecule has 1 fully saturated rings. The normalized spacial score (nSPS) is 18.6. The zero-order chi connectivity index (χ0) is 14.0. The van der Waals surface area contributed by atoms with Crippen LogP contribution in [-0.2, 0) is 10.0 Å². The van der Waals surface area contributed by atoms with Gasteiger partial charge in [0, 0.05) is 24.7 Å². The second-order valence-corrected chi connectivity index (χ2v) is 7.05. The van der Waals surface area contributed by atoms with E-state index in [0.717, 1.165) is 0 Å². The SMILES string of the molecule is Nc1cc(Cl)ccc1S(=O)(=O)N1CCC(CO)CC1. The molecule has 1 aromatic rings. The van der Waals surface area contributed by atoms with Crippen molar-refractivity contribution in [2.45, 2.75) is 17.7 Å². The fourth-order valence-electron chi connectivity index (χ4n) is 2.23. The molecule has 0 saturated carbocycles. The van der Waals surface area contributed by atoms with E-state index in [1.54, 1.807) is 0 Å². The molecule has 5 nitrogen and oxygen atoms in total. The summed E-state index contributed by atoms with van der Waals surface area (Å²) in [7, 11) is -3.57. The standard InChI is InChI=1S/C12H17ClN2O3S/c13-10-1-2-12(11(14)7-10)19(17,18)15-5-3-9(8-16)4-6-15/h1-2,7,9,16H,3-6,8,14H2. The molecule has 0 aliphatic carbocycles. The molecule has 0 spiro atoms. The quantitative estimate of drug-likeness (QED) is 0.825. The van der Waals surface area contributed by atoms with E-state index in [4.69, 9.17) is 22.4 Å². The Balaban J connectivity index is 2.23. The van der Waals surface area contributed by atoms with Crippen molar-refractivity contribution < 1.29 is 13.5 Å². The van der Waals surface area contributed by atoms with Crippen molar-refractivity contribution in [3.8, 4) is 0 Å². The van der Waals surface area contributed by atoms with E-state index in [1.165, 1.54) is 22.5 Å². The Kier molecular flexibility index (Phi) is 4.35. The number of halogens is 1. The van der Waals surface area contributed by atoms with Gasteiger partial charge >= 0.3 is 0 Å². The third kappa shape index (κ3) is 3.02. The third-order valence-corrected chi connectivity index (χ3v) is 5.63. The van der Waals surface area contributed by atoms with Crippen LogP contribution in [0.15, 0.2) is 23.1 Å². The Morgan fingerprint density at radius 3 is 2.53 bits per heavy atom. The van der Waals surface area contributed by atoms with E-state index < -0.39 is 10.0 Å². The van der Waals surface area contributed by atoms with Crippen LogP contribution < -0.4 is 5.73 Å². The average molecular weight is 305 g/mol. The molecule has 0 unspecified atom stereocenters. The van der Waals surface area contributed by atoms with Crippen molar-refractivity contribution in [3.05, 3.63) is 23.2 Å². The lowest BCUT2D eigenvalue weighted by molar-refractivity contribution is 0.170.